The second-order valence-electron chi connectivity index (χ2n) is 4.62. The van der Waals surface area contributed by atoms with Crippen LogP contribution in [-0.4, -0.2) is 33.2 Å². The zero-order valence-corrected chi connectivity index (χ0v) is 11.7. The van der Waals surface area contributed by atoms with Gasteiger partial charge in [0.2, 0.25) is 0 Å². The van der Waals surface area contributed by atoms with Crippen molar-refractivity contribution in [1.82, 2.24) is 5.32 Å². The first-order valence-corrected chi connectivity index (χ1v) is 6.07. The number of anilines is 1. The Kier molecular flexibility index (Phi) is 5.16. The van der Waals surface area contributed by atoms with Crippen molar-refractivity contribution in [3.8, 4) is 0 Å². The van der Waals surface area contributed by atoms with E-state index in [0.717, 1.165) is 11.3 Å². The van der Waals surface area contributed by atoms with Gasteiger partial charge in [-0.25, -0.2) is 0 Å². The molecule has 0 bridgehead atoms. The van der Waals surface area contributed by atoms with E-state index < -0.39 is 0 Å². The lowest BCUT2D eigenvalue weighted by molar-refractivity contribution is -0.142. The van der Waals surface area contributed by atoms with E-state index in [1.165, 1.54) is 7.11 Å². The van der Waals surface area contributed by atoms with E-state index in [1.54, 1.807) is 6.92 Å². The molecule has 0 aliphatic carbocycles. The van der Waals surface area contributed by atoms with Crippen LogP contribution in [0.3, 0.4) is 0 Å². The molecule has 2 atom stereocenters. The van der Waals surface area contributed by atoms with Gasteiger partial charge in [-0.05, 0) is 31.5 Å². The van der Waals surface area contributed by atoms with Crippen LogP contribution in [0.15, 0.2) is 24.3 Å². The van der Waals surface area contributed by atoms with E-state index in [0.29, 0.717) is 0 Å². The Morgan fingerprint density at radius 2 is 1.78 bits per heavy atom. The molecule has 0 aliphatic heterocycles. The predicted molar refractivity (Wildman–Crippen MR) is 73.8 cm³/mol. The van der Waals surface area contributed by atoms with Gasteiger partial charge in [0.25, 0.3) is 0 Å². The number of ether oxygens (including phenoxy) is 1. The molecule has 0 fully saturated rings. The number of hydrogen-bond acceptors (Lipinski definition) is 4. The Labute approximate surface area is 109 Å². The summed E-state index contributed by atoms with van der Waals surface area (Å²) in [7, 11) is 5.42. The number of carbonyl (C=O) groups is 1. The van der Waals surface area contributed by atoms with Gasteiger partial charge in [-0.1, -0.05) is 12.1 Å². The number of esters is 1. The number of rotatable bonds is 5. The molecule has 0 heterocycles. The average Bonchev–Trinajstić information content (AvgIpc) is 2.37. The highest BCUT2D eigenvalue weighted by atomic mass is 16.5. The first kappa shape index (κ1) is 14.5. The van der Waals surface area contributed by atoms with Crippen LogP contribution in [0, 0.1) is 0 Å². The standard InChI is InChI=1S/C14H22N2O2/c1-10(15-11(2)14(17)18-5)12-6-8-13(9-7-12)16(3)4/h6-11,15H,1-5H3/t10?,11-/m1/s1. The largest absolute Gasteiger partial charge is 0.468 e. The van der Waals surface area contributed by atoms with E-state index >= 15 is 0 Å². The maximum atomic E-state index is 11.3. The fourth-order valence-electron chi connectivity index (χ4n) is 1.78. The van der Waals surface area contributed by atoms with Gasteiger partial charge in [0.05, 0.1) is 7.11 Å². The minimum Gasteiger partial charge on any atom is -0.468 e. The Hall–Kier alpha value is -1.55. The van der Waals surface area contributed by atoms with Crippen LogP contribution in [0.1, 0.15) is 25.5 Å². The van der Waals surface area contributed by atoms with E-state index in [-0.39, 0.29) is 18.1 Å². The Balaban J connectivity index is 2.67. The van der Waals surface area contributed by atoms with Crippen LogP contribution in [-0.2, 0) is 9.53 Å². The number of hydrogen-bond donors (Lipinski definition) is 1. The molecule has 1 aromatic rings. The van der Waals surface area contributed by atoms with Crippen molar-refractivity contribution in [2.24, 2.45) is 0 Å². The van der Waals surface area contributed by atoms with Crippen LogP contribution in [0.25, 0.3) is 0 Å². The molecule has 100 valence electrons. The summed E-state index contributed by atoms with van der Waals surface area (Å²) in [6.45, 7) is 3.83. The fourth-order valence-corrected chi connectivity index (χ4v) is 1.78. The highest BCUT2D eigenvalue weighted by molar-refractivity contribution is 5.75. The molecule has 0 saturated carbocycles. The van der Waals surface area contributed by atoms with Crippen molar-refractivity contribution in [1.29, 1.82) is 0 Å². The van der Waals surface area contributed by atoms with Crippen LogP contribution in [0.4, 0.5) is 5.69 Å². The zero-order chi connectivity index (χ0) is 13.7. The SMILES string of the molecule is COC(=O)[C@@H](C)NC(C)c1ccc(N(C)C)cc1. The number of carbonyl (C=O) groups excluding carboxylic acids is 1. The summed E-state index contributed by atoms with van der Waals surface area (Å²) in [5, 5.41) is 3.21. The van der Waals surface area contributed by atoms with Gasteiger partial charge in [0.15, 0.2) is 0 Å². The number of nitrogens with one attached hydrogen (secondary N) is 1. The van der Waals surface area contributed by atoms with Crippen molar-refractivity contribution in [3.05, 3.63) is 29.8 Å². The molecular weight excluding hydrogens is 228 g/mol. The van der Waals surface area contributed by atoms with Gasteiger partial charge in [0, 0.05) is 25.8 Å². The van der Waals surface area contributed by atoms with Crippen molar-refractivity contribution in [3.63, 3.8) is 0 Å². The summed E-state index contributed by atoms with van der Waals surface area (Å²) in [6.07, 6.45) is 0. The Morgan fingerprint density at radius 1 is 1.22 bits per heavy atom. The molecule has 1 rings (SSSR count). The summed E-state index contributed by atoms with van der Waals surface area (Å²) in [5.74, 6) is -0.244. The Morgan fingerprint density at radius 3 is 2.22 bits per heavy atom. The average molecular weight is 250 g/mol. The maximum Gasteiger partial charge on any atom is 0.322 e. The smallest absolute Gasteiger partial charge is 0.322 e. The quantitative estimate of drug-likeness (QED) is 0.811. The lowest BCUT2D eigenvalue weighted by atomic mass is 10.1. The van der Waals surface area contributed by atoms with E-state index in [4.69, 9.17) is 4.74 Å². The van der Waals surface area contributed by atoms with Crippen molar-refractivity contribution in [2.45, 2.75) is 25.9 Å². The normalized spacial score (nSPS) is 13.8. The number of nitrogens with zero attached hydrogens (tertiary/aromatic N) is 1. The van der Waals surface area contributed by atoms with Crippen LogP contribution < -0.4 is 10.2 Å². The minimum atomic E-state index is -0.307. The second kappa shape index (κ2) is 6.40. The fraction of sp³-hybridized carbons (Fsp3) is 0.500. The zero-order valence-electron chi connectivity index (χ0n) is 11.7. The van der Waals surface area contributed by atoms with Crippen LogP contribution in [0.2, 0.25) is 0 Å². The summed E-state index contributed by atoms with van der Waals surface area (Å²) in [6, 6.07) is 8.06. The van der Waals surface area contributed by atoms with Crippen molar-refractivity contribution in [2.75, 3.05) is 26.1 Å². The van der Waals surface area contributed by atoms with Crippen LogP contribution >= 0.6 is 0 Å². The monoisotopic (exact) mass is 250 g/mol. The highest BCUT2D eigenvalue weighted by Crippen LogP contribution is 2.18. The van der Waals surface area contributed by atoms with Crippen molar-refractivity contribution < 1.29 is 9.53 Å². The number of benzene rings is 1. The summed E-state index contributed by atoms with van der Waals surface area (Å²) in [5.41, 5.74) is 2.31. The van der Waals surface area contributed by atoms with Crippen molar-refractivity contribution >= 4 is 11.7 Å². The molecule has 18 heavy (non-hydrogen) atoms. The summed E-state index contributed by atoms with van der Waals surface area (Å²) < 4.78 is 4.69. The predicted octanol–water partition coefficient (Wildman–Crippen LogP) is 1.96. The van der Waals surface area contributed by atoms with E-state index in [1.807, 2.05) is 21.0 Å². The second-order valence-corrected chi connectivity index (χ2v) is 4.62. The number of methoxy groups -OCH3 is 1. The van der Waals surface area contributed by atoms with Gasteiger partial charge in [0.1, 0.15) is 6.04 Å². The molecule has 1 N–H and O–H groups in total. The first-order valence-electron chi connectivity index (χ1n) is 6.07. The van der Waals surface area contributed by atoms with Gasteiger partial charge < -0.3 is 9.64 Å². The molecule has 0 aliphatic rings. The maximum absolute atomic E-state index is 11.3. The van der Waals surface area contributed by atoms with Gasteiger partial charge in [-0.2, -0.15) is 0 Å². The molecular formula is C14H22N2O2. The highest BCUT2D eigenvalue weighted by Gasteiger charge is 2.16. The van der Waals surface area contributed by atoms with E-state index in [2.05, 4.69) is 34.5 Å². The third kappa shape index (κ3) is 3.74. The lowest BCUT2D eigenvalue weighted by Crippen LogP contribution is -2.36. The third-order valence-electron chi connectivity index (χ3n) is 2.96. The van der Waals surface area contributed by atoms with Crippen LogP contribution in [0.5, 0.6) is 0 Å². The molecule has 0 spiro atoms. The third-order valence-corrected chi connectivity index (χ3v) is 2.96. The molecule has 0 aromatic heterocycles. The molecule has 0 saturated heterocycles. The molecule has 1 unspecified atom stereocenters. The minimum absolute atomic E-state index is 0.107. The lowest BCUT2D eigenvalue weighted by Gasteiger charge is -2.19. The van der Waals surface area contributed by atoms with Gasteiger partial charge >= 0.3 is 5.97 Å². The molecule has 0 amide bonds. The molecule has 1 aromatic carbocycles. The Bertz CT molecular complexity index is 387. The van der Waals surface area contributed by atoms with E-state index in [9.17, 15) is 4.79 Å². The molecule has 4 heteroatoms. The first-order chi connectivity index (χ1) is 8.45. The topological polar surface area (TPSA) is 41.6 Å². The van der Waals surface area contributed by atoms with Gasteiger partial charge in [-0.15, -0.1) is 0 Å². The summed E-state index contributed by atoms with van der Waals surface area (Å²) in [4.78, 5) is 13.4. The summed E-state index contributed by atoms with van der Waals surface area (Å²) >= 11 is 0. The molecule has 0 radical (unpaired) electrons. The molecule has 4 nitrogen and oxygen atoms in total. The van der Waals surface area contributed by atoms with Gasteiger partial charge in [-0.3, -0.25) is 10.1 Å².